The van der Waals surface area contributed by atoms with Gasteiger partial charge in [-0.05, 0) is 24.3 Å². The Hall–Kier alpha value is -0.870. The molecule has 1 nitrogen and oxygen atoms in total. The Morgan fingerprint density at radius 1 is 1.29 bits per heavy atom. The minimum Gasteiger partial charge on any atom is -0.244 e. The average Bonchev–Trinajstić information content (AvgIpc) is 2.67. The molecule has 2 aromatic rings. The average molecular weight is 225 g/mol. The molecule has 2 rings (SSSR count). The third-order valence-electron chi connectivity index (χ3n) is 1.90. The van der Waals surface area contributed by atoms with Crippen LogP contribution in [0.15, 0.2) is 29.8 Å². The summed E-state index contributed by atoms with van der Waals surface area (Å²) in [6.45, 7) is 0. The molecule has 0 saturated heterocycles. The zero-order chi connectivity index (χ0) is 9.97. The Morgan fingerprint density at radius 2 is 2.00 bits per heavy atom. The number of thiol groups is 1. The summed E-state index contributed by atoms with van der Waals surface area (Å²) in [5.41, 5.74) is 3.63. The van der Waals surface area contributed by atoms with Crippen molar-refractivity contribution in [3.05, 3.63) is 40.5 Å². The molecule has 0 aliphatic carbocycles. The number of benzene rings is 1. The van der Waals surface area contributed by atoms with Gasteiger partial charge in [-0.3, -0.25) is 0 Å². The van der Waals surface area contributed by atoms with Crippen LogP contribution in [0.3, 0.4) is 0 Å². The normalized spacial score (nSPS) is 10.4. The van der Waals surface area contributed by atoms with Crippen LogP contribution in [0.2, 0.25) is 0 Å². The molecule has 0 N–H and O–H groups in total. The SMILES string of the molecule is Fc1ccc(-c2ncsc2CS)cc1. The molecule has 0 aliphatic rings. The number of nitrogens with zero attached hydrogens (tertiary/aromatic N) is 1. The van der Waals surface area contributed by atoms with Gasteiger partial charge in [-0.2, -0.15) is 12.6 Å². The Kier molecular flexibility index (Phi) is 2.84. The second kappa shape index (κ2) is 4.11. The number of halogens is 1. The fourth-order valence-electron chi connectivity index (χ4n) is 1.23. The fraction of sp³-hybridized carbons (Fsp3) is 0.100. The van der Waals surface area contributed by atoms with Gasteiger partial charge in [0.15, 0.2) is 0 Å². The molecular formula is C10H8FNS2. The molecule has 0 amide bonds. The molecule has 72 valence electrons. The number of hydrogen-bond donors (Lipinski definition) is 1. The Balaban J connectivity index is 2.44. The molecule has 0 atom stereocenters. The smallest absolute Gasteiger partial charge is 0.123 e. The van der Waals surface area contributed by atoms with Crippen molar-refractivity contribution in [1.82, 2.24) is 4.98 Å². The molecule has 1 aromatic carbocycles. The van der Waals surface area contributed by atoms with E-state index in [4.69, 9.17) is 0 Å². The first-order valence-corrected chi connectivity index (χ1v) is 5.61. The predicted octanol–water partition coefficient (Wildman–Crippen LogP) is 3.38. The highest BCUT2D eigenvalue weighted by molar-refractivity contribution is 7.79. The second-order valence-corrected chi connectivity index (χ2v) is 4.04. The first-order valence-electron chi connectivity index (χ1n) is 4.10. The fourth-order valence-corrected chi connectivity index (χ4v) is 2.24. The topological polar surface area (TPSA) is 12.9 Å². The van der Waals surface area contributed by atoms with Crippen LogP contribution in [0.5, 0.6) is 0 Å². The summed E-state index contributed by atoms with van der Waals surface area (Å²) in [6, 6.07) is 6.35. The van der Waals surface area contributed by atoms with Crippen molar-refractivity contribution in [3.8, 4) is 11.3 Å². The zero-order valence-electron chi connectivity index (χ0n) is 7.27. The Labute approximate surface area is 91.0 Å². The molecule has 0 aliphatic heterocycles. The van der Waals surface area contributed by atoms with Gasteiger partial charge in [0.1, 0.15) is 5.82 Å². The molecule has 14 heavy (non-hydrogen) atoms. The van der Waals surface area contributed by atoms with Gasteiger partial charge in [0.25, 0.3) is 0 Å². The number of thiazole rings is 1. The van der Waals surface area contributed by atoms with Crippen molar-refractivity contribution in [1.29, 1.82) is 0 Å². The van der Waals surface area contributed by atoms with Gasteiger partial charge in [0, 0.05) is 16.2 Å². The quantitative estimate of drug-likeness (QED) is 0.773. The summed E-state index contributed by atoms with van der Waals surface area (Å²) in [7, 11) is 0. The lowest BCUT2D eigenvalue weighted by Crippen LogP contribution is -1.82. The molecule has 0 bridgehead atoms. The van der Waals surface area contributed by atoms with Gasteiger partial charge >= 0.3 is 0 Å². The summed E-state index contributed by atoms with van der Waals surface area (Å²) in [5.74, 6) is 0.439. The number of rotatable bonds is 2. The van der Waals surface area contributed by atoms with Crippen LogP contribution in [0, 0.1) is 5.82 Å². The zero-order valence-corrected chi connectivity index (χ0v) is 8.99. The molecule has 0 saturated carbocycles. The van der Waals surface area contributed by atoms with E-state index in [1.807, 2.05) is 0 Å². The predicted molar refractivity (Wildman–Crippen MR) is 60.2 cm³/mol. The standard InChI is InChI=1S/C10H8FNS2/c11-8-3-1-7(2-4-8)10-9(5-13)14-6-12-10/h1-4,6,13H,5H2. The van der Waals surface area contributed by atoms with Crippen LogP contribution in [-0.2, 0) is 5.75 Å². The van der Waals surface area contributed by atoms with Crippen LogP contribution in [0.4, 0.5) is 4.39 Å². The number of aromatic nitrogens is 1. The van der Waals surface area contributed by atoms with E-state index in [0.29, 0.717) is 5.75 Å². The van der Waals surface area contributed by atoms with E-state index in [2.05, 4.69) is 17.6 Å². The maximum atomic E-state index is 12.7. The van der Waals surface area contributed by atoms with Crippen LogP contribution in [0.25, 0.3) is 11.3 Å². The van der Waals surface area contributed by atoms with E-state index in [1.165, 1.54) is 12.1 Å². The monoisotopic (exact) mass is 225 g/mol. The minimum absolute atomic E-state index is 0.226. The van der Waals surface area contributed by atoms with Crippen molar-refractivity contribution in [2.24, 2.45) is 0 Å². The van der Waals surface area contributed by atoms with Crippen molar-refractivity contribution in [2.45, 2.75) is 5.75 Å². The summed E-state index contributed by atoms with van der Waals surface area (Å²) >= 11 is 5.78. The maximum absolute atomic E-state index is 12.7. The third-order valence-corrected chi connectivity index (χ3v) is 3.27. The molecule has 0 unspecified atom stereocenters. The molecule has 0 radical (unpaired) electrons. The van der Waals surface area contributed by atoms with Crippen molar-refractivity contribution < 1.29 is 4.39 Å². The van der Waals surface area contributed by atoms with E-state index < -0.39 is 0 Å². The molecule has 0 fully saturated rings. The van der Waals surface area contributed by atoms with Gasteiger partial charge in [0.2, 0.25) is 0 Å². The van der Waals surface area contributed by atoms with Gasteiger partial charge in [-0.15, -0.1) is 11.3 Å². The molecule has 4 heteroatoms. The Morgan fingerprint density at radius 3 is 2.64 bits per heavy atom. The Bertz CT molecular complexity index is 422. The van der Waals surface area contributed by atoms with Crippen LogP contribution < -0.4 is 0 Å². The van der Waals surface area contributed by atoms with Crippen LogP contribution >= 0.6 is 24.0 Å². The molecular weight excluding hydrogens is 217 g/mol. The molecule has 1 heterocycles. The second-order valence-electron chi connectivity index (χ2n) is 2.79. The van der Waals surface area contributed by atoms with Crippen molar-refractivity contribution in [2.75, 3.05) is 0 Å². The highest BCUT2D eigenvalue weighted by Gasteiger charge is 2.06. The summed E-state index contributed by atoms with van der Waals surface area (Å²) < 4.78 is 12.7. The van der Waals surface area contributed by atoms with E-state index in [-0.39, 0.29) is 5.82 Å². The minimum atomic E-state index is -0.226. The lowest BCUT2D eigenvalue weighted by Gasteiger charge is -1.99. The lowest BCUT2D eigenvalue weighted by atomic mass is 10.1. The maximum Gasteiger partial charge on any atom is 0.123 e. The molecule has 0 spiro atoms. The van der Waals surface area contributed by atoms with E-state index in [0.717, 1.165) is 16.1 Å². The van der Waals surface area contributed by atoms with Crippen LogP contribution in [0.1, 0.15) is 4.88 Å². The van der Waals surface area contributed by atoms with Crippen LogP contribution in [-0.4, -0.2) is 4.98 Å². The molecule has 1 aromatic heterocycles. The highest BCUT2D eigenvalue weighted by Crippen LogP contribution is 2.26. The first kappa shape index (κ1) is 9.68. The van der Waals surface area contributed by atoms with E-state index >= 15 is 0 Å². The number of hydrogen-bond acceptors (Lipinski definition) is 3. The van der Waals surface area contributed by atoms with Gasteiger partial charge in [-0.25, -0.2) is 9.37 Å². The van der Waals surface area contributed by atoms with Gasteiger partial charge in [0.05, 0.1) is 11.2 Å². The van der Waals surface area contributed by atoms with E-state index in [1.54, 1.807) is 29.0 Å². The van der Waals surface area contributed by atoms with Crippen molar-refractivity contribution >= 4 is 24.0 Å². The summed E-state index contributed by atoms with van der Waals surface area (Å²) in [4.78, 5) is 5.35. The summed E-state index contributed by atoms with van der Waals surface area (Å²) in [5, 5.41) is 0. The van der Waals surface area contributed by atoms with E-state index in [9.17, 15) is 4.39 Å². The lowest BCUT2D eigenvalue weighted by molar-refractivity contribution is 0.628. The third kappa shape index (κ3) is 1.81. The highest BCUT2D eigenvalue weighted by atomic mass is 32.1. The van der Waals surface area contributed by atoms with Gasteiger partial charge in [-0.1, -0.05) is 0 Å². The first-order chi connectivity index (χ1) is 6.81. The van der Waals surface area contributed by atoms with Crippen molar-refractivity contribution in [3.63, 3.8) is 0 Å². The summed E-state index contributed by atoms with van der Waals surface area (Å²) in [6.07, 6.45) is 0. The largest absolute Gasteiger partial charge is 0.244 e. The van der Waals surface area contributed by atoms with Gasteiger partial charge < -0.3 is 0 Å².